The van der Waals surface area contributed by atoms with Crippen LogP contribution in [0.4, 0.5) is 18.9 Å². The average molecular weight is 566 g/mol. The Kier molecular flexibility index (Phi) is 8.39. The number of hydrogen-bond acceptors (Lipinski definition) is 4. The number of ether oxygens (including phenoxy) is 1. The van der Waals surface area contributed by atoms with E-state index in [1.165, 1.54) is 24.3 Å². The number of carboxylic acid groups (broad SMARTS) is 1. The summed E-state index contributed by atoms with van der Waals surface area (Å²) in [5.41, 5.74) is 2.33. The summed E-state index contributed by atoms with van der Waals surface area (Å²) >= 11 is 0. The van der Waals surface area contributed by atoms with Crippen LogP contribution in [0.2, 0.25) is 0 Å². The monoisotopic (exact) mass is 565 g/mol. The van der Waals surface area contributed by atoms with Crippen LogP contribution in [0.1, 0.15) is 65.5 Å². The molecule has 0 bridgehead atoms. The highest BCUT2D eigenvalue weighted by Gasteiger charge is 2.34. The maximum atomic E-state index is 14.5. The zero-order valence-corrected chi connectivity index (χ0v) is 22.5. The molecule has 10 heteroatoms. The Morgan fingerprint density at radius 1 is 1.00 bits per heavy atom. The first-order valence-corrected chi connectivity index (χ1v) is 13.5. The number of fused-ring (bicyclic) bond motifs is 1. The van der Waals surface area contributed by atoms with Crippen molar-refractivity contribution in [1.82, 2.24) is 9.55 Å². The summed E-state index contributed by atoms with van der Waals surface area (Å²) in [6, 6.07) is 11.5. The first-order valence-electron chi connectivity index (χ1n) is 13.5. The Bertz CT molecular complexity index is 1580. The molecular weight excluding hydrogens is 535 g/mol. The van der Waals surface area contributed by atoms with Gasteiger partial charge in [-0.05, 0) is 67.1 Å². The molecule has 1 fully saturated rings. The van der Waals surface area contributed by atoms with Crippen molar-refractivity contribution < 1.29 is 32.6 Å². The summed E-state index contributed by atoms with van der Waals surface area (Å²) in [7, 11) is 0. The van der Waals surface area contributed by atoms with Gasteiger partial charge >= 0.3 is 5.97 Å². The molecule has 1 unspecified atom stereocenters. The van der Waals surface area contributed by atoms with Gasteiger partial charge in [-0.25, -0.2) is 22.9 Å². The summed E-state index contributed by atoms with van der Waals surface area (Å²) in [6.45, 7) is 1.79. The molecule has 2 N–H and O–H groups in total. The number of amides is 1. The highest BCUT2D eigenvalue weighted by Crippen LogP contribution is 2.37. The van der Waals surface area contributed by atoms with E-state index in [0.29, 0.717) is 17.1 Å². The maximum Gasteiger partial charge on any atom is 0.335 e. The molecule has 0 radical (unpaired) electrons. The minimum Gasteiger partial charge on any atom is -0.478 e. The highest BCUT2D eigenvalue weighted by atomic mass is 19.2. The van der Waals surface area contributed by atoms with Gasteiger partial charge in [-0.3, -0.25) is 4.79 Å². The zero-order valence-electron chi connectivity index (χ0n) is 22.5. The molecule has 0 spiro atoms. The minimum atomic E-state index is -1.07. The number of rotatable bonds is 9. The number of aryl methyl sites for hydroxylation is 1. The second-order valence-corrected chi connectivity index (χ2v) is 10.4. The van der Waals surface area contributed by atoms with E-state index < -0.39 is 23.6 Å². The van der Waals surface area contributed by atoms with Gasteiger partial charge in [0.15, 0.2) is 11.6 Å². The quantitative estimate of drug-likeness (QED) is 0.229. The van der Waals surface area contributed by atoms with Crippen LogP contribution in [0.15, 0.2) is 54.6 Å². The van der Waals surface area contributed by atoms with Crippen molar-refractivity contribution in [3.8, 4) is 0 Å². The van der Waals surface area contributed by atoms with Gasteiger partial charge in [-0.15, -0.1) is 0 Å². The third kappa shape index (κ3) is 6.27. The van der Waals surface area contributed by atoms with E-state index in [0.717, 1.165) is 49.8 Å². The number of benzene rings is 3. The summed E-state index contributed by atoms with van der Waals surface area (Å²) in [5.74, 6) is -3.69. The molecule has 7 nitrogen and oxygen atoms in total. The van der Waals surface area contributed by atoms with Gasteiger partial charge in [0.05, 0.1) is 23.2 Å². The van der Waals surface area contributed by atoms with Crippen molar-refractivity contribution in [1.29, 1.82) is 0 Å². The molecule has 3 aromatic carbocycles. The molecule has 0 aliphatic heterocycles. The zero-order chi connectivity index (χ0) is 29.1. The van der Waals surface area contributed by atoms with Gasteiger partial charge in [-0.1, -0.05) is 31.4 Å². The van der Waals surface area contributed by atoms with E-state index in [-0.39, 0.29) is 47.5 Å². The van der Waals surface area contributed by atoms with Gasteiger partial charge < -0.3 is 19.7 Å². The number of carbonyl (C=O) groups excluding carboxylic acids is 1. The molecule has 5 rings (SSSR count). The largest absolute Gasteiger partial charge is 0.478 e. The van der Waals surface area contributed by atoms with Gasteiger partial charge in [0, 0.05) is 17.8 Å². The van der Waals surface area contributed by atoms with Crippen molar-refractivity contribution in [2.75, 3.05) is 5.32 Å². The molecule has 1 atom stereocenters. The summed E-state index contributed by atoms with van der Waals surface area (Å²) in [5, 5.41) is 12.3. The van der Waals surface area contributed by atoms with E-state index in [1.54, 1.807) is 29.7 Å². The summed E-state index contributed by atoms with van der Waals surface area (Å²) in [6.07, 6.45) is 4.40. The van der Waals surface area contributed by atoms with Crippen LogP contribution in [0.25, 0.3) is 11.0 Å². The van der Waals surface area contributed by atoms with Crippen molar-refractivity contribution in [2.45, 2.75) is 58.3 Å². The maximum absolute atomic E-state index is 14.5. The summed E-state index contributed by atoms with van der Waals surface area (Å²) < 4.78 is 49.6. The number of carboxylic acids is 1. The lowest BCUT2D eigenvalue weighted by atomic mass is 9.83. The molecule has 41 heavy (non-hydrogen) atoms. The molecule has 1 aliphatic rings. The van der Waals surface area contributed by atoms with Crippen molar-refractivity contribution in [2.24, 2.45) is 5.92 Å². The first kappa shape index (κ1) is 28.4. The van der Waals surface area contributed by atoms with Crippen LogP contribution >= 0.6 is 0 Å². The van der Waals surface area contributed by atoms with Crippen molar-refractivity contribution >= 4 is 28.6 Å². The smallest absolute Gasteiger partial charge is 0.335 e. The van der Waals surface area contributed by atoms with Crippen LogP contribution in [0, 0.1) is 30.3 Å². The van der Waals surface area contributed by atoms with Gasteiger partial charge in [0.25, 0.3) is 0 Å². The Balaban J connectivity index is 1.53. The molecule has 1 heterocycles. The van der Waals surface area contributed by atoms with Crippen LogP contribution < -0.4 is 5.32 Å². The Hall–Kier alpha value is -4.18. The van der Waals surface area contributed by atoms with Crippen LogP contribution in [-0.4, -0.2) is 26.5 Å². The number of halogens is 3. The van der Waals surface area contributed by atoms with E-state index in [9.17, 15) is 27.9 Å². The van der Waals surface area contributed by atoms with Crippen LogP contribution in [0.5, 0.6) is 0 Å². The molecule has 1 amide bonds. The topological polar surface area (TPSA) is 93.5 Å². The molecule has 1 aromatic heterocycles. The third-order valence-corrected chi connectivity index (χ3v) is 7.59. The SMILES string of the molecule is Cc1cc(C(=O)O)ccc1NC(=O)C(C1CCCCC1)n1c(COCc2ccc(F)cc2)nc2cc(F)c(F)cc21. The number of aromatic carboxylic acids is 1. The van der Waals surface area contributed by atoms with E-state index in [4.69, 9.17) is 4.74 Å². The normalized spacial score (nSPS) is 14.7. The van der Waals surface area contributed by atoms with Gasteiger partial charge in [0.2, 0.25) is 5.91 Å². The Morgan fingerprint density at radius 2 is 1.71 bits per heavy atom. The van der Waals surface area contributed by atoms with Crippen molar-refractivity contribution in [3.05, 3.63) is 94.6 Å². The lowest BCUT2D eigenvalue weighted by Crippen LogP contribution is -2.34. The predicted octanol–water partition coefficient (Wildman–Crippen LogP) is 6.94. The number of carbonyl (C=O) groups is 2. The highest BCUT2D eigenvalue weighted by molar-refractivity contribution is 5.97. The number of imidazole rings is 1. The Labute approximate surface area is 235 Å². The van der Waals surface area contributed by atoms with E-state index in [1.807, 2.05) is 0 Å². The predicted molar refractivity (Wildman–Crippen MR) is 147 cm³/mol. The first-order chi connectivity index (χ1) is 19.7. The van der Waals surface area contributed by atoms with Gasteiger partial charge in [-0.2, -0.15) is 0 Å². The van der Waals surface area contributed by atoms with E-state index in [2.05, 4.69) is 10.3 Å². The van der Waals surface area contributed by atoms with Crippen LogP contribution in [0.3, 0.4) is 0 Å². The second kappa shape index (κ2) is 12.1. The molecular formula is C31H30F3N3O4. The molecule has 1 aliphatic carbocycles. The fourth-order valence-corrected chi connectivity index (χ4v) is 5.53. The molecule has 4 aromatic rings. The second-order valence-electron chi connectivity index (χ2n) is 10.4. The number of nitrogens with one attached hydrogen (secondary N) is 1. The van der Waals surface area contributed by atoms with Crippen LogP contribution in [-0.2, 0) is 22.7 Å². The average Bonchev–Trinajstić information content (AvgIpc) is 3.28. The van der Waals surface area contributed by atoms with Gasteiger partial charge in [0.1, 0.15) is 24.3 Å². The number of anilines is 1. The molecule has 0 saturated heterocycles. The lowest BCUT2D eigenvalue weighted by Gasteiger charge is -2.32. The molecule has 1 saturated carbocycles. The fourth-order valence-electron chi connectivity index (χ4n) is 5.53. The lowest BCUT2D eigenvalue weighted by molar-refractivity contribution is -0.121. The molecule has 214 valence electrons. The van der Waals surface area contributed by atoms with Crippen molar-refractivity contribution in [3.63, 3.8) is 0 Å². The van der Waals surface area contributed by atoms with E-state index >= 15 is 0 Å². The number of hydrogen-bond donors (Lipinski definition) is 2. The third-order valence-electron chi connectivity index (χ3n) is 7.59. The standard InChI is InChI=1S/C31H30F3N3O4/c1-18-13-21(31(39)40)9-12-25(18)36-30(38)29(20-5-3-2-4-6-20)37-27-15-24(34)23(33)14-26(27)35-28(37)17-41-16-19-7-10-22(32)11-8-19/h7-15,20,29H,2-6,16-17H2,1H3,(H,36,38)(H,39,40). The number of aromatic nitrogens is 2. The summed E-state index contributed by atoms with van der Waals surface area (Å²) in [4.78, 5) is 30.0. The number of nitrogens with zero attached hydrogens (tertiary/aromatic N) is 2. The Morgan fingerprint density at radius 3 is 2.39 bits per heavy atom. The minimum absolute atomic E-state index is 0.0574. The fraction of sp³-hybridized carbons (Fsp3) is 0.323.